The summed E-state index contributed by atoms with van der Waals surface area (Å²) in [4.78, 5) is 28.5. The number of anilines is 1. The molecule has 0 unspecified atom stereocenters. The number of nitrogens with two attached hydrogens (primary N) is 1. The highest BCUT2D eigenvalue weighted by atomic mass is 35.5. The number of aromatic nitrogens is 1. The Morgan fingerprint density at radius 2 is 1.78 bits per heavy atom. The number of benzene rings is 2. The van der Waals surface area contributed by atoms with Gasteiger partial charge < -0.3 is 16.0 Å². The molecule has 0 bridgehead atoms. The normalized spacial score (nSPS) is 10.2. The minimum Gasteiger partial charge on any atom is -0.385 e. The third-order valence-electron chi connectivity index (χ3n) is 4.00. The van der Waals surface area contributed by atoms with Gasteiger partial charge in [0, 0.05) is 16.1 Å². The molecule has 0 saturated heterocycles. The summed E-state index contributed by atoms with van der Waals surface area (Å²) in [6.07, 6.45) is 5.22. The van der Waals surface area contributed by atoms with Crippen LogP contribution in [0.3, 0.4) is 0 Å². The molecule has 2 aromatic carbocycles. The minimum absolute atomic E-state index is 0.0471. The van der Waals surface area contributed by atoms with Crippen LogP contribution < -0.4 is 11.1 Å². The minimum atomic E-state index is -0.459. The van der Waals surface area contributed by atoms with Crippen LogP contribution in [0, 0.1) is 12.3 Å². The Bertz CT molecular complexity index is 1030. The van der Waals surface area contributed by atoms with Gasteiger partial charge in [0.15, 0.2) is 0 Å². The van der Waals surface area contributed by atoms with Crippen molar-refractivity contribution in [3.05, 3.63) is 76.4 Å². The number of carbonyl (C=O) groups excluding carboxylic acids is 2. The molecular formula is C21H16ClN3O2. The Hall–Kier alpha value is -3.49. The van der Waals surface area contributed by atoms with Crippen molar-refractivity contribution in [3.63, 3.8) is 0 Å². The van der Waals surface area contributed by atoms with Crippen molar-refractivity contribution >= 4 is 29.1 Å². The summed E-state index contributed by atoms with van der Waals surface area (Å²) >= 11 is 5.97. The summed E-state index contributed by atoms with van der Waals surface area (Å²) in [5.41, 5.74) is 7.98. The van der Waals surface area contributed by atoms with E-state index in [4.69, 9.17) is 23.8 Å². The SMILES string of the molecule is C#CCNC(=O)c1c(N)[nH]c(C(=O)c2ccccc2)c1-c1ccc(Cl)cc1. The zero-order valence-corrected chi connectivity index (χ0v) is 15.0. The van der Waals surface area contributed by atoms with Crippen molar-refractivity contribution in [3.8, 4) is 23.5 Å². The fourth-order valence-electron chi connectivity index (χ4n) is 2.78. The van der Waals surface area contributed by atoms with Crippen LogP contribution in [0.25, 0.3) is 11.1 Å². The lowest BCUT2D eigenvalue weighted by Crippen LogP contribution is -2.24. The number of rotatable bonds is 5. The van der Waals surface area contributed by atoms with Crippen LogP contribution in [0.2, 0.25) is 5.02 Å². The molecule has 0 aliphatic carbocycles. The van der Waals surface area contributed by atoms with Crippen LogP contribution in [-0.4, -0.2) is 23.2 Å². The van der Waals surface area contributed by atoms with Crippen LogP contribution in [0.5, 0.6) is 0 Å². The van der Waals surface area contributed by atoms with Crippen LogP contribution >= 0.6 is 11.6 Å². The molecule has 5 nitrogen and oxygen atoms in total. The van der Waals surface area contributed by atoms with Gasteiger partial charge in [0.1, 0.15) is 5.82 Å². The molecule has 1 aromatic heterocycles. The molecule has 0 radical (unpaired) electrons. The van der Waals surface area contributed by atoms with E-state index in [9.17, 15) is 9.59 Å². The highest BCUT2D eigenvalue weighted by molar-refractivity contribution is 6.30. The number of halogens is 1. The first-order chi connectivity index (χ1) is 13.0. The van der Waals surface area contributed by atoms with E-state index in [0.29, 0.717) is 21.7 Å². The lowest BCUT2D eigenvalue weighted by atomic mass is 9.96. The predicted octanol–water partition coefficient (Wildman–Crippen LogP) is 3.51. The van der Waals surface area contributed by atoms with E-state index in [1.165, 1.54) is 0 Å². The molecule has 27 heavy (non-hydrogen) atoms. The largest absolute Gasteiger partial charge is 0.385 e. The number of hydrogen-bond donors (Lipinski definition) is 3. The summed E-state index contributed by atoms with van der Waals surface area (Å²) in [5, 5.41) is 3.13. The molecule has 3 rings (SSSR count). The number of aromatic amines is 1. The van der Waals surface area contributed by atoms with Crippen molar-refractivity contribution in [2.45, 2.75) is 0 Å². The maximum absolute atomic E-state index is 13.0. The summed E-state index contributed by atoms with van der Waals surface area (Å²) in [5.74, 6) is 1.70. The van der Waals surface area contributed by atoms with Crippen molar-refractivity contribution in [1.82, 2.24) is 10.3 Å². The molecule has 0 spiro atoms. The van der Waals surface area contributed by atoms with Crippen LogP contribution in [-0.2, 0) is 0 Å². The van der Waals surface area contributed by atoms with Gasteiger partial charge in [-0.15, -0.1) is 6.42 Å². The second-order valence-corrected chi connectivity index (χ2v) is 6.19. The molecule has 0 aliphatic heterocycles. The van der Waals surface area contributed by atoms with Gasteiger partial charge >= 0.3 is 0 Å². The first-order valence-electron chi connectivity index (χ1n) is 8.11. The Labute approximate surface area is 161 Å². The summed E-state index contributed by atoms with van der Waals surface area (Å²) in [6.45, 7) is 0.0471. The maximum atomic E-state index is 13.0. The second kappa shape index (κ2) is 7.81. The zero-order valence-electron chi connectivity index (χ0n) is 14.3. The molecule has 1 amide bonds. The van der Waals surface area contributed by atoms with E-state index in [1.807, 2.05) is 6.07 Å². The molecule has 0 fully saturated rings. The lowest BCUT2D eigenvalue weighted by Gasteiger charge is -2.08. The second-order valence-electron chi connectivity index (χ2n) is 5.75. The average Bonchev–Trinajstić information content (AvgIpc) is 3.04. The molecule has 1 heterocycles. The fraction of sp³-hybridized carbons (Fsp3) is 0.0476. The molecule has 134 valence electrons. The molecule has 0 atom stereocenters. The third kappa shape index (κ3) is 3.71. The first-order valence-corrected chi connectivity index (χ1v) is 8.49. The van der Waals surface area contributed by atoms with Crippen molar-refractivity contribution < 1.29 is 9.59 Å². The quantitative estimate of drug-likeness (QED) is 0.469. The molecule has 6 heteroatoms. The van der Waals surface area contributed by atoms with Gasteiger partial charge in [-0.25, -0.2) is 0 Å². The molecular weight excluding hydrogens is 362 g/mol. The fourth-order valence-corrected chi connectivity index (χ4v) is 2.91. The number of H-pyrrole nitrogens is 1. The molecule has 0 aliphatic rings. The first kappa shape index (κ1) is 18.3. The van der Waals surface area contributed by atoms with Crippen molar-refractivity contribution in [2.24, 2.45) is 0 Å². The average molecular weight is 378 g/mol. The van der Waals surface area contributed by atoms with Gasteiger partial charge in [-0.3, -0.25) is 9.59 Å². The number of ketones is 1. The Morgan fingerprint density at radius 3 is 2.41 bits per heavy atom. The van der Waals surface area contributed by atoms with E-state index in [-0.39, 0.29) is 29.4 Å². The highest BCUT2D eigenvalue weighted by Crippen LogP contribution is 2.34. The third-order valence-corrected chi connectivity index (χ3v) is 4.25. The number of hydrogen-bond acceptors (Lipinski definition) is 3. The monoisotopic (exact) mass is 377 g/mol. The molecule has 4 N–H and O–H groups in total. The van der Waals surface area contributed by atoms with Crippen LogP contribution in [0.4, 0.5) is 5.82 Å². The van der Waals surface area contributed by atoms with Gasteiger partial charge in [-0.05, 0) is 17.7 Å². The van der Waals surface area contributed by atoms with E-state index >= 15 is 0 Å². The summed E-state index contributed by atoms with van der Waals surface area (Å²) < 4.78 is 0. The Kier molecular flexibility index (Phi) is 5.30. The molecule has 0 saturated carbocycles. The Balaban J connectivity index is 2.19. The molecule has 3 aromatic rings. The van der Waals surface area contributed by atoms with Gasteiger partial charge in [-0.2, -0.15) is 0 Å². The Morgan fingerprint density at radius 1 is 1.11 bits per heavy atom. The van der Waals surface area contributed by atoms with Gasteiger partial charge in [0.2, 0.25) is 5.78 Å². The van der Waals surface area contributed by atoms with Crippen LogP contribution in [0.15, 0.2) is 54.6 Å². The predicted molar refractivity (Wildman–Crippen MR) is 107 cm³/mol. The van der Waals surface area contributed by atoms with E-state index in [1.54, 1.807) is 48.5 Å². The number of nitrogen functional groups attached to an aromatic ring is 1. The van der Waals surface area contributed by atoms with Crippen LogP contribution in [0.1, 0.15) is 26.4 Å². The highest BCUT2D eigenvalue weighted by Gasteiger charge is 2.27. The number of nitrogens with one attached hydrogen (secondary N) is 2. The number of terminal acetylenes is 1. The van der Waals surface area contributed by atoms with Crippen molar-refractivity contribution in [1.29, 1.82) is 0 Å². The maximum Gasteiger partial charge on any atom is 0.256 e. The topological polar surface area (TPSA) is 88.0 Å². The smallest absolute Gasteiger partial charge is 0.256 e. The zero-order chi connectivity index (χ0) is 19.4. The van der Waals surface area contributed by atoms with Gasteiger partial charge in [-0.1, -0.05) is 60.0 Å². The van der Waals surface area contributed by atoms with E-state index in [2.05, 4.69) is 16.2 Å². The van der Waals surface area contributed by atoms with Crippen molar-refractivity contribution in [2.75, 3.05) is 12.3 Å². The standard InChI is InChI=1S/C21H16ClN3O2/c1-2-12-24-21(27)17-16(13-8-10-15(22)11-9-13)18(25-20(17)23)19(26)14-6-4-3-5-7-14/h1,3-11,25H,12,23H2,(H,24,27). The van der Waals surface area contributed by atoms with Gasteiger partial charge in [0.05, 0.1) is 17.8 Å². The summed E-state index contributed by atoms with van der Waals surface area (Å²) in [6, 6.07) is 15.6. The van der Waals surface area contributed by atoms with E-state index in [0.717, 1.165) is 0 Å². The van der Waals surface area contributed by atoms with Gasteiger partial charge in [0.25, 0.3) is 5.91 Å². The van der Waals surface area contributed by atoms with E-state index < -0.39 is 5.91 Å². The number of amides is 1. The summed E-state index contributed by atoms with van der Waals surface area (Å²) in [7, 11) is 0. The lowest BCUT2D eigenvalue weighted by molar-refractivity contribution is 0.0960. The number of carbonyl (C=O) groups is 2.